The Morgan fingerprint density at radius 3 is 2.16 bits per heavy atom. The second kappa shape index (κ2) is 9.16. The molecule has 0 N–H and O–H groups in total. The van der Waals surface area contributed by atoms with Gasteiger partial charge in [0, 0.05) is 12.4 Å². The van der Waals surface area contributed by atoms with Crippen LogP contribution in [-0.4, -0.2) is 26.4 Å². The lowest BCUT2D eigenvalue weighted by molar-refractivity contribution is 0.0601. The van der Waals surface area contributed by atoms with Crippen molar-refractivity contribution in [3.63, 3.8) is 0 Å². The number of aromatic nitrogens is 1. The molecule has 0 saturated heterocycles. The summed E-state index contributed by atoms with van der Waals surface area (Å²) in [5, 5.41) is 0.0620. The lowest BCUT2D eigenvalue weighted by Gasteiger charge is -2.39. The van der Waals surface area contributed by atoms with Crippen LogP contribution in [0.4, 0.5) is 0 Å². The number of carbonyl (C=O) groups is 1. The molecule has 0 radical (unpaired) electrons. The molecule has 0 amide bonds. The fourth-order valence-electron chi connectivity index (χ4n) is 3.21. The molecule has 0 aliphatic heterocycles. The molecule has 0 bridgehead atoms. The number of nitrogens with zero attached hydrogens (tertiary/aromatic N) is 1. The Hall–Kier alpha value is -2.76. The summed E-state index contributed by atoms with van der Waals surface area (Å²) in [6.45, 7) is 11.2. The molecular formula is C26H31NO3Si. The summed E-state index contributed by atoms with van der Waals surface area (Å²) in [6, 6.07) is 19.8. The van der Waals surface area contributed by atoms with Gasteiger partial charge in [-0.25, -0.2) is 4.79 Å². The van der Waals surface area contributed by atoms with Crippen LogP contribution in [-0.2, 0) is 9.16 Å². The minimum atomic E-state index is -2.08. The third-order valence-corrected chi connectivity index (χ3v) is 10.5. The van der Waals surface area contributed by atoms with Gasteiger partial charge in [0.1, 0.15) is 0 Å². The fourth-order valence-corrected chi connectivity index (χ4v) is 4.42. The monoisotopic (exact) mass is 433 g/mol. The van der Waals surface area contributed by atoms with E-state index in [0.717, 1.165) is 22.3 Å². The zero-order valence-electron chi connectivity index (χ0n) is 19.2. The van der Waals surface area contributed by atoms with Crippen molar-refractivity contribution < 1.29 is 14.0 Å². The fraction of sp³-hybridized carbons (Fsp3) is 0.308. The topological polar surface area (TPSA) is 48.4 Å². The first kappa shape index (κ1) is 22.9. The minimum absolute atomic E-state index is 0.0620. The first-order valence-electron chi connectivity index (χ1n) is 10.5. The number of ether oxygens (including phenoxy) is 1. The van der Waals surface area contributed by atoms with Crippen molar-refractivity contribution in [2.45, 2.75) is 45.0 Å². The maximum atomic E-state index is 12.5. The van der Waals surface area contributed by atoms with Gasteiger partial charge in [-0.1, -0.05) is 57.2 Å². The highest BCUT2D eigenvalue weighted by Gasteiger charge is 2.40. The summed E-state index contributed by atoms with van der Waals surface area (Å²) in [7, 11) is -0.676. The Morgan fingerprint density at radius 1 is 0.935 bits per heavy atom. The Labute approximate surface area is 186 Å². The quantitative estimate of drug-likeness (QED) is 0.323. The molecule has 2 aromatic carbocycles. The van der Waals surface area contributed by atoms with E-state index >= 15 is 0 Å². The van der Waals surface area contributed by atoms with Crippen LogP contribution in [0.25, 0.3) is 11.1 Å². The summed E-state index contributed by atoms with van der Waals surface area (Å²) in [6.07, 6.45) is 3.33. The number of hydrogen-bond donors (Lipinski definition) is 0. The van der Waals surface area contributed by atoms with Gasteiger partial charge in [0.15, 0.2) is 8.32 Å². The van der Waals surface area contributed by atoms with Crippen molar-refractivity contribution in [3.8, 4) is 11.1 Å². The number of methoxy groups -OCH3 is 1. The second-order valence-corrected chi connectivity index (χ2v) is 14.0. The minimum Gasteiger partial charge on any atom is -0.465 e. The van der Waals surface area contributed by atoms with Crippen molar-refractivity contribution in [2.75, 3.05) is 7.11 Å². The molecule has 4 nitrogen and oxygen atoms in total. The van der Waals surface area contributed by atoms with E-state index in [9.17, 15) is 4.79 Å². The number of pyridine rings is 1. The van der Waals surface area contributed by atoms with E-state index < -0.39 is 8.32 Å². The molecule has 5 heteroatoms. The predicted molar refractivity (Wildman–Crippen MR) is 128 cm³/mol. The second-order valence-electron chi connectivity index (χ2n) is 9.20. The van der Waals surface area contributed by atoms with Gasteiger partial charge in [-0.15, -0.1) is 0 Å². The maximum Gasteiger partial charge on any atom is 0.338 e. The van der Waals surface area contributed by atoms with Crippen molar-refractivity contribution in [1.29, 1.82) is 0 Å². The highest BCUT2D eigenvalue weighted by Crippen LogP contribution is 2.42. The number of hydrogen-bond acceptors (Lipinski definition) is 4. The summed E-state index contributed by atoms with van der Waals surface area (Å²) in [4.78, 5) is 16.6. The van der Waals surface area contributed by atoms with Crippen molar-refractivity contribution in [3.05, 3.63) is 89.7 Å². The number of carbonyl (C=O) groups excluding carboxylic acids is 1. The molecule has 1 atom stereocenters. The van der Waals surface area contributed by atoms with Crippen LogP contribution in [0.5, 0.6) is 0 Å². The smallest absolute Gasteiger partial charge is 0.338 e. The standard InChI is InChI=1S/C26H31NO3Si/c1-26(2,3)31(5,6)30-24(20-14-16-27-17-15-20)21-12-13-22(25(28)29-4)23(18-21)19-10-8-7-9-11-19/h7-18,24H,1-6H3. The van der Waals surface area contributed by atoms with Gasteiger partial charge < -0.3 is 9.16 Å². The largest absolute Gasteiger partial charge is 0.465 e. The molecule has 0 fully saturated rings. The van der Waals surface area contributed by atoms with E-state index in [1.807, 2.05) is 54.6 Å². The molecule has 162 valence electrons. The lowest BCUT2D eigenvalue weighted by Crippen LogP contribution is -2.42. The van der Waals surface area contributed by atoms with E-state index in [2.05, 4.69) is 44.9 Å². The molecule has 0 saturated carbocycles. The molecule has 0 aliphatic rings. The van der Waals surface area contributed by atoms with Gasteiger partial charge >= 0.3 is 5.97 Å². The maximum absolute atomic E-state index is 12.5. The lowest BCUT2D eigenvalue weighted by atomic mass is 9.93. The zero-order valence-corrected chi connectivity index (χ0v) is 20.2. The molecule has 0 aliphatic carbocycles. The highest BCUT2D eigenvalue weighted by atomic mass is 28.4. The molecule has 0 spiro atoms. The van der Waals surface area contributed by atoms with Gasteiger partial charge in [0.2, 0.25) is 0 Å². The van der Waals surface area contributed by atoms with Gasteiger partial charge in [-0.05, 0) is 64.7 Å². The molecule has 1 unspecified atom stereocenters. The average molecular weight is 434 g/mol. The number of esters is 1. The van der Waals surface area contributed by atoms with Gasteiger partial charge in [0.25, 0.3) is 0 Å². The Morgan fingerprint density at radius 2 is 1.58 bits per heavy atom. The number of benzene rings is 2. The molecule has 3 aromatic rings. The van der Waals surface area contributed by atoms with Crippen molar-refractivity contribution in [2.24, 2.45) is 0 Å². The van der Waals surface area contributed by atoms with Crippen LogP contribution in [0.15, 0.2) is 73.1 Å². The molecule has 1 aromatic heterocycles. The molecule has 31 heavy (non-hydrogen) atoms. The first-order valence-corrected chi connectivity index (χ1v) is 13.4. The van der Waals surface area contributed by atoms with E-state index in [0.29, 0.717) is 5.56 Å². The van der Waals surface area contributed by atoms with E-state index in [-0.39, 0.29) is 17.1 Å². The third-order valence-electron chi connectivity index (χ3n) is 6.06. The van der Waals surface area contributed by atoms with E-state index in [1.165, 1.54) is 7.11 Å². The normalized spacial score (nSPS) is 13.0. The van der Waals surface area contributed by atoms with Crippen LogP contribution in [0.2, 0.25) is 18.1 Å². The van der Waals surface area contributed by atoms with E-state index in [1.54, 1.807) is 12.4 Å². The Balaban J connectivity index is 2.16. The van der Waals surface area contributed by atoms with Crippen LogP contribution < -0.4 is 0 Å². The van der Waals surface area contributed by atoms with Crippen LogP contribution in [0.1, 0.15) is 48.4 Å². The SMILES string of the molecule is COC(=O)c1ccc(C(O[Si](C)(C)C(C)(C)C)c2ccncc2)cc1-c1ccccc1. The van der Waals surface area contributed by atoms with Gasteiger partial charge in [-0.3, -0.25) is 4.98 Å². The predicted octanol–water partition coefficient (Wildman–Crippen LogP) is 6.65. The summed E-state index contributed by atoms with van der Waals surface area (Å²) < 4.78 is 11.9. The van der Waals surface area contributed by atoms with E-state index in [4.69, 9.17) is 9.16 Å². The van der Waals surface area contributed by atoms with Gasteiger partial charge in [0.05, 0.1) is 18.8 Å². The van der Waals surface area contributed by atoms with Crippen LogP contribution >= 0.6 is 0 Å². The van der Waals surface area contributed by atoms with Crippen LogP contribution in [0.3, 0.4) is 0 Å². The average Bonchev–Trinajstić information content (AvgIpc) is 2.77. The summed E-state index contributed by atoms with van der Waals surface area (Å²) >= 11 is 0. The Kier molecular flexibility index (Phi) is 6.77. The zero-order chi connectivity index (χ0) is 22.6. The first-order chi connectivity index (χ1) is 14.6. The van der Waals surface area contributed by atoms with Gasteiger partial charge in [-0.2, -0.15) is 0 Å². The summed E-state index contributed by atoms with van der Waals surface area (Å²) in [5.74, 6) is -0.351. The molecular weight excluding hydrogens is 402 g/mol. The Bertz CT molecular complexity index is 1030. The number of rotatable bonds is 6. The molecule has 3 rings (SSSR count). The molecule has 1 heterocycles. The van der Waals surface area contributed by atoms with Crippen LogP contribution in [0, 0.1) is 0 Å². The summed E-state index contributed by atoms with van der Waals surface area (Å²) in [5.41, 5.74) is 4.39. The third kappa shape index (κ3) is 5.11. The van der Waals surface area contributed by atoms with Crippen molar-refractivity contribution >= 4 is 14.3 Å². The van der Waals surface area contributed by atoms with Crippen molar-refractivity contribution in [1.82, 2.24) is 4.98 Å². The highest BCUT2D eigenvalue weighted by molar-refractivity contribution is 6.74.